The Morgan fingerprint density at radius 2 is 1.65 bits per heavy atom. The number of halogens is 1. The second kappa shape index (κ2) is 11.0. The molecule has 20 heavy (non-hydrogen) atoms. The molecule has 1 rings (SSSR count). The highest BCUT2D eigenvalue weighted by Gasteiger charge is 2.06. The number of ether oxygens (including phenoxy) is 2. The molecule has 3 heteroatoms. The van der Waals surface area contributed by atoms with Crippen molar-refractivity contribution in [1.82, 2.24) is 0 Å². The van der Waals surface area contributed by atoms with Gasteiger partial charge in [0.2, 0.25) is 0 Å². The third kappa shape index (κ3) is 6.65. The van der Waals surface area contributed by atoms with Gasteiger partial charge in [-0.05, 0) is 31.0 Å². The third-order valence-corrected chi connectivity index (χ3v) is 3.87. The maximum atomic E-state index is 5.86. The minimum Gasteiger partial charge on any atom is -0.490 e. The Kier molecular flexibility index (Phi) is 9.56. The largest absolute Gasteiger partial charge is 0.490 e. The molecule has 0 bridgehead atoms. The predicted octanol–water partition coefficient (Wildman–Crippen LogP) is 5.72. The highest BCUT2D eigenvalue weighted by Crippen LogP contribution is 2.29. The summed E-state index contributed by atoms with van der Waals surface area (Å²) < 4.78 is 11.5. The van der Waals surface area contributed by atoms with Gasteiger partial charge in [0, 0.05) is 5.33 Å². The maximum Gasteiger partial charge on any atom is 0.161 e. The molecule has 0 atom stereocenters. The molecule has 0 aromatic heterocycles. The van der Waals surface area contributed by atoms with Crippen LogP contribution < -0.4 is 9.47 Å². The molecule has 0 radical (unpaired) electrons. The zero-order valence-electron chi connectivity index (χ0n) is 12.8. The standard InChI is InChI=1S/C17H27BrO2/c1-3-5-6-7-8-9-12-20-16-11-10-15(14-18)13-17(16)19-4-2/h10-11,13H,3-9,12,14H2,1-2H3. The van der Waals surface area contributed by atoms with Gasteiger partial charge in [-0.1, -0.05) is 61.0 Å². The van der Waals surface area contributed by atoms with Crippen LogP contribution >= 0.6 is 15.9 Å². The molecule has 0 aliphatic carbocycles. The van der Waals surface area contributed by atoms with E-state index < -0.39 is 0 Å². The van der Waals surface area contributed by atoms with Gasteiger partial charge in [-0.3, -0.25) is 0 Å². The Morgan fingerprint density at radius 1 is 0.900 bits per heavy atom. The predicted molar refractivity (Wildman–Crippen MR) is 89.1 cm³/mol. The molecule has 0 aliphatic rings. The molecular formula is C17H27BrO2. The average molecular weight is 343 g/mol. The molecule has 2 nitrogen and oxygen atoms in total. The molecule has 0 fully saturated rings. The van der Waals surface area contributed by atoms with Crippen LogP contribution in [0.1, 0.15) is 57.9 Å². The van der Waals surface area contributed by atoms with E-state index in [4.69, 9.17) is 9.47 Å². The van der Waals surface area contributed by atoms with Crippen LogP contribution in [-0.2, 0) is 5.33 Å². The number of rotatable bonds is 11. The van der Waals surface area contributed by atoms with E-state index >= 15 is 0 Å². The molecule has 1 aromatic rings. The Labute approximate surface area is 132 Å². The molecule has 0 aliphatic heterocycles. The molecule has 0 saturated heterocycles. The van der Waals surface area contributed by atoms with Crippen LogP contribution in [0.2, 0.25) is 0 Å². The quantitative estimate of drug-likeness (QED) is 0.378. The lowest BCUT2D eigenvalue weighted by molar-refractivity contribution is 0.270. The van der Waals surface area contributed by atoms with Crippen LogP contribution in [0.15, 0.2) is 18.2 Å². The second-order valence-electron chi connectivity index (χ2n) is 4.96. The van der Waals surface area contributed by atoms with Crippen LogP contribution in [0.4, 0.5) is 0 Å². The summed E-state index contributed by atoms with van der Waals surface area (Å²) >= 11 is 3.46. The summed E-state index contributed by atoms with van der Waals surface area (Å²) in [6.07, 6.45) is 7.69. The van der Waals surface area contributed by atoms with Gasteiger partial charge in [0.05, 0.1) is 13.2 Å². The summed E-state index contributed by atoms with van der Waals surface area (Å²) in [4.78, 5) is 0. The average Bonchev–Trinajstić information content (AvgIpc) is 2.47. The van der Waals surface area contributed by atoms with Crippen LogP contribution in [0.25, 0.3) is 0 Å². The number of hydrogen-bond donors (Lipinski definition) is 0. The van der Waals surface area contributed by atoms with Crippen molar-refractivity contribution in [2.45, 2.75) is 57.7 Å². The molecule has 0 N–H and O–H groups in total. The lowest BCUT2D eigenvalue weighted by Crippen LogP contribution is -2.01. The van der Waals surface area contributed by atoms with E-state index in [9.17, 15) is 0 Å². The van der Waals surface area contributed by atoms with Crippen molar-refractivity contribution >= 4 is 15.9 Å². The molecule has 114 valence electrons. The Balaban J connectivity index is 2.35. The first kappa shape index (κ1) is 17.4. The van der Waals surface area contributed by atoms with Crippen molar-refractivity contribution in [2.75, 3.05) is 13.2 Å². The van der Waals surface area contributed by atoms with Crippen LogP contribution in [0.3, 0.4) is 0 Å². The Hall–Kier alpha value is -0.700. The molecule has 0 unspecified atom stereocenters. The molecule has 1 aromatic carbocycles. The topological polar surface area (TPSA) is 18.5 Å². The van der Waals surface area contributed by atoms with Gasteiger partial charge in [0.1, 0.15) is 0 Å². The Morgan fingerprint density at radius 3 is 2.35 bits per heavy atom. The number of unbranched alkanes of at least 4 members (excludes halogenated alkanes) is 5. The van der Waals surface area contributed by atoms with Crippen molar-refractivity contribution in [3.63, 3.8) is 0 Å². The first-order valence-electron chi connectivity index (χ1n) is 7.76. The third-order valence-electron chi connectivity index (χ3n) is 3.22. The lowest BCUT2D eigenvalue weighted by Gasteiger charge is -2.13. The fourth-order valence-corrected chi connectivity index (χ4v) is 2.44. The van der Waals surface area contributed by atoms with Gasteiger partial charge in [0.15, 0.2) is 11.5 Å². The van der Waals surface area contributed by atoms with E-state index in [0.717, 1.165) is 29.9 Å². The van der Waals surface area contributed by atoms with Gasteiger partial charge in [-0.25, -0.2) is 0 Å². The van der Waals surface area contributed by atoms with E-state index in [0.29, 0.717) is 6.61 Å². The van der Waals surface area contributed by atoms with E-state index in [1.807, 2.05) is 13.0 Å². The maximum absolute atomic E-state index is 5.86. The smallest absolute Gasteiger partial charge is 0.161 e. The van der Waals surface area contributed by atoms with Gasteiger partial charge < -0.3 is 9.47 Å². The van der Waals surface area contributed by atoms with Crippen molar-refractivity contribution in [1.29, 1.82) is 0 Å². The molecule has 0 amide bonds. The zero-order chi connectivity index (χ0) is 14.6. The van der Waals surface area contributed by atoms with Crippen molar-refractivity contribution in [2.24, 2.45) is 0 Å². The lowest BCUT2D eigenvalue weighted by atomic mass is 10.1. The van der Waals surface area contributed by atoms with Crippen molar-refractivity contribution in [3.05, 3.63) is 23.8 Å². The van der Waals surface area contributed by atoms with Crippen molar-refractivity contribution in [3.8, 4) is 11.5 Å². The number of benzene rings is 1. The molecule has 0 heterocycles. The summed E-state index contributed by atoms with van der Waals surface area (Å²) in [5.41, 5.74) is 1.21. The molecular weight excluding hydrogens is 316 g/mol. The highest BCUT2D eigenvalue weighted by atomic mass is 79.9. The monoisotopic (exact) mass is 342 g/mol. The highest BCUT2D eigenvalue weighted by molar-refractivity contribution is 9.08. The number of alkyl halides is 1. The van der Waals surface area contributed by atoms with Crippen LogP contribution in [0.5, 0.6) is 11.5 Å². The van der Waals surface area contributed by atoms with Gasteiger partial charge in [0.25, 0.3) is 0 Å². The second-order valence-corrected chi connectivity index (χ2v) is 5.52. The van der Waals surface area contributed by atoms with Crippen molar-refractivity contribution < 1.29 is 9.47 Å². The van der Waals surface area contributed by atoms with E-state index in [2.05, 4.69) is 35.0 Å². The minimum atomic E-state index is 0.666. The van der Waals surface area contributed by atoms with E-state index in [1.54, 1.807) is 0 Å². The van der Waals surface area contributed by atoms with Crippen LogP contribution in [-0.4, -0.2) is 13.2 Å². The van der Waals surface area contributed by atoms with E-state index in [-0.39, 0.29) is 0 Å². The van der Waals surface area contributed by atoms with Crippen LogP contribution in [0, 0.1) is 0 Å². The first-order valence-corrected chi connectivity index (χ1v) is 8.88. The summed E-state index contributed by atoms with van der Waals surface area (Å²) in [7, 11) is 0. The summed E-state index contributed by atoms with van der Waals surface area (Å²) in [6, 6.07) is 6.14. The fourth-order valence-electron chi connectivity index (χ4n) is 2.09. The zero-order valence-corrected chi connectivity index (χ0v) is 14.4. The number of hydrogen-bond acceptors (Lipinski definition) is 2. The Bertz CT molecular complexity index is 366. The first-order chi connectivity index (χ1) is 9.81. The van der Waals surface area contributed by atoms with Gasteiger partial charge in [-0.2, -0.15) is 0 Å². The summed E-state index contributed by atoms with van der Waals surface area (Å²) in [5.74, 6) is 1.72. The molecule has 0 saturated carbocycles. The van der Waals surface area contributed by atoms with E-state index in [1.165, 1.54) is 37.7 Å². The van der Waals surface area contributed by atoms with Gasteiger partial charge in [-0.15, -0.1) is 0 Å². The minimum absolute atomic E-state index is 0.666. The SMILES string of the molecule is CCCCCCCCOc1ccc(CBr)cc1OCC. The fraction of sp³-hybridized carbons (Fsp3) is 0.647. The normalized spacial score (nSPS) is 10.6. The van der Waals surface area contributed by atoms with Gasteiger partial charge >= 0.3 is 0 Å². The summed E-state index contributed by atoms with van der Waals surface area (Å²) in [5, 5.41) is 0.838. The summed E-state index contributed by atoms with van der Waals surface area (Å²) in [6.45, 7) is 5.69. The molecule has 0 spiro atoms.